The highest BCUT2D eigenvalue weighted by atomic mass is 16.6. The first-order valence-corrected chi connectivity index (χ1v) is 4.77. The first-order chi connectivity index (χ1) is 6.90. The van der Waals surface area contributed by atoms with E-state index in [4.69, 9.17) is 15.7 Å². The number of rotatable bonds is 4. The normalized spacial score (nSPS) is 13.8. The van der Waals surface area contributed by atoms with Crippen molar-refractivity contribution in [2.45, 2.75) is 26.8 Å². The first-order valence-electron chi connectivity index (χ1n) is 4.77. The number of carbonyl (C=O) groups is 1. The molecule has 0 aromatic heterocycles. The number of nitrogens with two attached hydrogens (primary N) is 1. The van der Waals surface area contributed by atoms with Gasteiger partial charge < -0.3 is 20.6 Å². The summed E-state index contributed by atoms with van der Waals surface area (Å²) in [6.07, 6.45) is -0.484. The third-order valence-corrected chi connectivity index (χ3v) is 1.95. The Morgan fingerprint density at radius 3 is 2.47 bits per heavy atom. The third kappa shape index (κ3) is 4.53. The van der Waals surface area contributed by atoms with Crippen LogP contribution in [-0.4, -0.2) is 41.7 Å². The van der Waals surface area contributed by atoms with E-state index < -0.39 is 12.1 Å². The van der Waals surface area contributed by atoms with Gasteiger partial charge in [0.1, 0.15) is 0 Å². The van der Waals surface area contributed by atoms with Crippen LogP contribution in [0.25, 0.3) is 0 Å². The smallest absolute Gasteiger partial charge is 0.410 e. The van der Waals surface area contributed by atoms with Crippen molar-refractivity contribution in [1.29, 1.82) is 0 Å². The fraction of sp³-hybridized carbons (Fsp3) is 0.778. The number of amides is 1. The number of amidine groups is 1. The maximum atomic E-state index is 11.4. The van der Waals surface area contributed by atoms with Gasteiger partial charge in [-0.15, -0.1) is 0 Å². The van der Waals surface area contributed by atoms with Gasteiger partial charge in [0.15, 0.2) is 5.84 Å². The molecule has 15 heavy (non-hydrogen) atoms. The molecule has 0 heterocycles. The van der Waals surface area contributed by atoms with E-state index in [-0.39, 0.29) is 11.8 Å². The van der Waals surface area contributed by atoms with Crippen LogP contribution in [-0.2, 0) is 4.74 Å². The molecule has 6 heteroatoms. The minimum Gasteiger partial charge on any atom is -0.449 e. The summed E-state index contributed by atoms with van der Waals surface area (Å²) in [6.45, 7) is 5.89. The highest BCUT2D eigenvalue weighted by Gasteiger charge is 2.20. The Balaban J connectivity index is 4.20. The van der Waals surface area contributed by atoms with Crippen molar-refractivity contribution < 1.29 is 14.7 Å². The number of carbonyl (C=O) groups excluding carboxylic acids is 1. The summed E-state index contributed by atoms with van der Waals surface area (Å²) in [5.41, 5.74) is 5.36. The Hall–Kier alpha value is -1.46. The third-order valence-electron chi connectivity index (χ3n) is 1.95. The van der Waals surface area contributed by atoms with Crippen LogP contribution in [0.2, 0.25) is 0 Å². The Kier molecular flexibility index (Phi) is 5.51. The van der Waals surface area contributed by atoms with E-state index in [1.165, 1.54) is 11.9 Å². The van der Waals surface area contributed by atoms with Crippen molar-refractivity contribution >= 4 is 11.9 Å². The van der Waals surface area contributed by atoms with Gasteiger partial charge in [0.2, 0.25) is 0 Å². The van der Waals surface area contributed by atoms with E-state index >= 15 is 0 Å². The second kappa shape index (κ2) is 6.10. The molecule has 0 rings (SSSR count). The molecule has 1 unspecified atom stereocenters. The molecule has 0 aliphatic carbocycles. The highest BCUT2D eigenvalue weighted by molar-refractivity contribution is 5.87. The molecule has 0 fully saturated rings. The lowest BCUT2D eigenvalue weighted by Crippen LogP contribution is -2.44. The summed E-state index contributed by atoms with van der Waals surface area (Å²) in [4.78, 5) is 12.7. The van der Waals surface area contributed by atoms with Gasteiger partial charge in [-0.2, -0.15) is 0 Å². The van der Waals surface area contributed by atoms with Crippen LogP contribution in [0.3, 0.4) is 0 Å². The number of ether oxygens (including phenoxy) is 1. The predicted octanol–water partition coefficient (Wildman–Crippen LogP) is 0.846. The Labute approximate surface area is 89.7 Å². The van der Waals surface area contributed by atoms with Gasteiger partial charge in [-0.1, -0.05) is 19.0 Å². The van der Waals surface area contributed by atoms with E-state index in [0.717, 1.165) is 0 Å². The summed E-state index contributed by atoms with van der Waals surface area (Å²) in [6, 6.07) is -0.491. The van der Waals surface area contributed by atoms with E-state index in [2.05, 4.69) is 5.16 Å². The number of nitrogens with zero attached hydrogens (tertiary/aromatic N) is 2. The van der Waals surface area contributed by atoms with Gasteiger partial charge in [0, 0.05) is 7.05 Å². The molecular formula is C9H19N3O3. The van der Waals surface area contributed by atoms with E-state index in [1.54, 1.807) is 6.92 Å². The fourth-order valence-electron chi connectivity index (χ4n) is 0.780. The minimum atomic E-state index is -0.491. The zero-order chi connectivity index (χ0) is 12.0. The number of hydrogen-bond donors (Lipinski definition) is 2. The second-order valence-corrected chi connectivity index (χ2v) is 3.78. The average Bonchev–Trinajstić information content (AvgIpc) is 2.22. The van der Waals surface area contributed by atoms with Crippen LogP contribution in [0.4, 0.5) is 4.79 Å². The molecule has 3 N–H and O–H groups in total. The quantitative estimate of drug-likeness (QED) is 0.316. The minimum absolute atomic E-state index is 0.0287. The topological polar surface area (TPSA) is 88.2 Å². The van der Waals surface area contributed by atoms with Crippen molar-refractivity contribution in [3.63, 3.8) is 0 Å². The molecular weight excluding hydrogens is 198 g/mol. The summed E-state index contributed by atoms with van der Waals surface area (Å²) in [5, 5.41) is 11.3. The molecule has 0 radical (unpaired) electrons. The van der Waals surface area contributed by atoms with Crippen molar-refractivity contribution in [2.75, 3.05) is 13.7 Å². The predicted molar refractivity (Wildman–Crippen MR) is 56.8 cm³/mol. The van der Waals surface area contributed by atoms with Crippen LogP contribution >= 0.6 is 0 Å². The Bertz CT molecular complexity index is 241. The largest absolute Gasteiger partial charge is 0.449 e. The van der Waals surface area contributed by atoms with Crippen LogP contribution in [0.1, 0.15) is 20.8 Å². The monoisotopic (exact) mass is 217 g/mol. The lowest BCUT2D eigenvalue weighted by molar-refractivity contribution is 0.0961. The molecule has 0 spiro atoms. The molecule has 88 valence electrons. The summed E-state index contributed by atoms with van der Waals surface area (Å²) >= 11 is 0. The molecule has 0 aromatic rings. The van der Waals surface area contributed by atoms with Gasteiger partial charge in [0.05, 0.1) is 12.6 Å². The summed E-state index contributed by atoms with van der Waals surface area (Å²) in [5.74, 6) is 0.250. The molecule has 1 amide bonds. The maximum Gasteiger partial charge on any atom is 0.410 e. The van der Waals surface area contributed by atoms with Crippen LogP contribution in [0.15, 0.2) is 5.16 Å². The van der Waals surface area contributed by atoms with Crippen LogP contribution in [0, 0.1) is 5.92 Å². The Morgan fingerprint density at radius 2 is 2.07 bits per heavy atom. The molecule has 0 aromatic carbocycles. The molecule has 6 nitrogen and oxygen atoms in total. The van der Waals surface area contributed by atoms with Crippen LogP contribution in [0.5, 0.6) is 0 Å². The molecule has 0 saturated heterocycles. The zero-order valence-electron chi connectivity index (χ0n) is 9.60. The maximum absolute atomic E-state index is 11.4. The number of likely N-dealkylation sites (N-methyl/N-ethyl adjacent to an activating group) is 1. The summed E-state index contributed by atoms with van der Waals surface area (Å²) < 4.78 is 4.98. The van der Waals surface area contributed by atoms with Crippen molar-refractivity contribution in [2.24, 2.45) is 16.8 Å². The fourth-order valence-corrected chi connectivity index (χ4v) is 0.780. The SMILES string of the molecule is CC(C)COC(=O)N(C)C(C)C(N)=NO. The van der Waals surface area contributed by atoms with Crippen molar-refractivity contribution in [1.82, 2.24) is 4.90 Å². The van der Waals surface area contributed by atoms with Gasteiger partial charge in [-0.05, 0) is 12.8 Å². The Morgan fingerprint density at radius 1 is 1.53 bits per heavy atom. The van der Waals surface area contributed by atoms with Gasteiger partial charge in [-0.3, -0.25) is 0 Å². The lowest BCUT2D eigenvalue weighted by atomic mass is 10.2. The molecule has 1 atom stereocenters. The molecule has 0 saturated carbocycles. The summed E-state index contributed by atoms with van der Waals surface area (Å²) in [7, 11) is 1.53. The zero-order valence-corrected chi connectivity index (χ0v) is 9.60. The molecule has 0 aliphatic heterocycles. The standard InChI is InChI=1S/C9H19N3O3/c1-6(2)5-15-9(13)12(4)7(3)8(10)11-14/h6-7,14H,5H2,1-4H3,(H2,10,11). The van der Waals surface area contributed by atoms with Crippen molar-refractivity contribution in [3.8, 4) is 0 Å². The van der Waals surface area contributed by atoms with E-state index in [0.29, 0.717) is 6.61 Å². The second-order valence-electron chi connectivity index (χ2n) is 3.78. The van der Waals surface area contributed by atoms with Gasteiger partial charge in [0.25, 0.3) is 0 Å². The lowest BCUT2D eigenvalue weighted by Gasteiger charge is -2.23. The van der Waals surface area contributed by atoms with Gasteiger partial charge >= 0.3 is 6.09 Å². The number of oxime groups is 1. The average molecular weight is 217 g/mol. The van der Waals surface area contributed by atoms with E-state index in [9.17, 15) is 4.79 Å². The first kappa shape index (κ1) is 13.5. The molecule has 0 aliphatic rings. The highest BCUT2D eigenvalue weighted by Crippen LogP contribution is 2.01. The van der Waals surface area contributed by atoms with Gasteiger partial charge in [-0.25, -0.2) is 4.79 Å². The van der Waals surface area contributed by atoms with Crippen molar-refractivity contribution in [3.05, 3.63) is 0 Å². The van der Waals surface area contributed by atoms with Crippen LogP contribution < -0.4 is 5.73 Å². The number of hydrogen-bond acceptors (Lipinski definition) is 4. The van der Waals surface area contributed by atoms with E-state index in [1.807, 2.05) is 13.8 Å². The molecule has 0 bridgehead atoms.